The second-order valence-electron chi connectivity index (χ2n) is 11.3. The number of rotatable bonds is 7. The molecule has 0 aliphatic heterocycles. The molecule has 0 bridgehead atoms. The summed E-state index contributed by atoms with van der Waals surface area (Å²) in [7, 11) is 2.11. The third kappa shape index (κ3) is 6.57. The highest BCUT2D eigenvalue weighted by Gasteiger charge is 2.14. The van der Waals surface area contributed by atoms with Crippen LogP contribution in [0.2, 0.25) is 0 Å². The van der Waals surface area contributed by atoms with E-state index in [1.165, 1.54) is 44.3 Å². The molecule has 0 aromatic heterocycles. The maximum atomic E-state index is 2.34. The van der Waals surface area contributed by atoms with Gasteiger partial charge in [0.25, 0.3) is 0 Å². The Morgan fingerprint density at radius 1 is 0.348 bits per heavy atom. The topological polar surface area (TPSA) is 6.48 Å². The standard InChI is InChI=1S/C42H34N2.C2H6/c1-31-12-21-38(22-13-31)43(2)39-23-14-35(15-24-39)36-18-27-41(28-19-36)44(42-29-20-33-10-6-7-11-37(33)30-42)40-25-16-34(17-26-40)32-8-4-3-5-9-32;1-2/h3-30H,1-2H3;1-2H3. The first kappa shape index (κ1) is 30.4. The molecule has 7 aromatic carbocycles. The molecule has 0 radical (unpaired) electrons. The lowest BCUT2D eigenvalue weighted by Gasteiger charge is -2.26. The van der Waals surface area contributed by atoms with E-state index < -0.39 is 0 Å². The summed E-state index contributed by atoms with van der Waals surface area (Å²) in [5, 5.41) is 2.46. The second kappa shape index (κ2) is 14.0. The Bertz CT molecular complexity index is 1990. The summed E-state index contributed by atoms with van der Waals surface area (Å²) >= 11 is 0. The van der Waals surface area contributed by atoms with Crippen LogP contribution in [0.15, 0.2) is 170 Å². The third-order valence-corrected chi connectivity index (χ3v) is 8.36. The second-order valence-corrected chi connectivity index (χ2v) is 11.3. The van der Waals surface area contributed by atoms with E-state index in [9.17, 15) is 0 Å². The SMILES string of the molecule is CC.Cc1ccc(N(C)c2ccc(-c3ccc(N(c4ccc(-c5ccccc5)cc4)c4ccc5ccccc5c4)cc3)cc2)cc1. The third-order valence-electron chi connectivity index (χ3n) is 8.36. The van der Waals surface area contributed by atoms with Gasteiger partial charge < -0.3 is 9.80 Å². The van der Waals surface area contributed by atoms with Crippen LogP contribution in [0.4, 0.5) is 28.4 Å². The van der Waals surface area contributed by atoms with Crippen molar-refractivity contribution < 1.29 is 0 Å². The minimum absolute atomic E-state index is 1.12. The van der Waals surface area contributed by atoms with Gasteiger partial charge in [-0.05, 0) is 101 Å². The van der Waals surface area contributed by atoms with Crippen molar-refractivity contribution in [3.05, 3.63) is 175 Å². The quantitative estimate of drug-likeness (QED) is 0.181. The number of benzene rings is 7. The Morgan fingerprint density at radius 2 is 0.739 bits per heavy atom. The molecule has 0 amide bonds. The van der Waals surface area contributed by atoms with Gasteiger partial charge in [0.05, 0.1) is 0 Å². The van der Waals surface area contributed by atoms with Crippen molar-refractivity contribution >= 4 is 39.2 Å². The first-order valence-corrected chi connectivity index (χ1v) is 16.1. The molecule has 0 saturated carbocycles. The highest BCUT2D eigenvalue weighted by molar-refractivity contribution is 5.89. The molecule has 0 spiro atoms. The zero-order valence-corrected chi connectivity index (χ0v) is 27.1. The summed E-state index contributed by atoms with van der Waals surface area (Å²) < 4.78 is 0. The van der Waals surface area contributed by atoms with Crippen molar-refractivity contribution in [1.29, 1.82) is 0 Å². The van der Waals surface area contributed by atoms with Gasteiger partial charge >= 0.3 is 0 Å². The van der Waals surface area contributed by atoms with Crippen LogP contribution in [0, 0.1) is 6.92 Å². The van der Waals surface area contributed by atoms with Crippen LogP contribution in [0.3, 0.4) is 0 Å². The van der Waals surface area contributed by atoms with Gasteiger partial charge in [0.2, 0.25) is 0 Å². The van der Waals surface area contributed by atoms with Crippen LogP contribution in [-0.2, 0) is 0 Å². The number of aryl methyl sites for hydroxylation is 1. The van der Waals surface area contributed by atoms with Gasteiger partial charge in [-0.1, -0.05) is 129 Å². The lowest BCUT2D eigenvalue weighted by atomic mass is 10.0. The molecule has 7 rings (SSSR count). The lowest BCUT2D eigenvalue weighted by Crippen LogP contribution is -2.10. The molecule has 7 aromatic rings. The number of hydrogen-bond donors (Lipinski definition) is 0. The van der Waals surface area contributed by atoms with Crippen LogP contribution in [-0.4, -0.2) is 7.05 Å². The maximum absolute atomic E-state index is 2.34. The number of fused-ring (bicyclic) bond motifs is 1. The van der Waals surface area contributed by atoms with E-state index >= 15 is 0 Å². The molecule has 2 nitrogen and oxygen atoms in total. The summed E-state index contributed by atoms with van der Waals surface area (Å²) in [6.45, 7) is 6.12. The fourth-order valence-electron chi connectivity index (χ4n) is 5.79. The largest absolute Gasteiger partial charge is 0.345 e. The van der Waals surface area contributed by atoms with Gasteiger partial charge in [0, 0.05) is 35.5 Å². The van der Waals surface area contributed by atoms with Crippen molar-refractivity contribution in [2.24, 2.45) is 0 Å². The molecule has 0 saturated heterocycles. The maximum Gasteiger partial charge on any atom is 0.0468 e. The van der Waals surface area contributed by atoms with Crippen LogP contribution in [0.25, 0.3) is 33.0 Å². The predicted molar refractivity (Wildman–Crippen MR) is 200 cm³/mol. The molecule has 0 aliphatic rings. The first-order valence-electron chi connectivity index (χ1n) is 16.1. The Hall–Kier alpha value is -5.60. The highest BCUT2D eigenvalue weighted by Crippen LogP contribution is 2.38. The number of hydrogen-bond acceptors (Lipinski definition) is 2. The van der Waals surface area contributed by atoms with E-state index in [1.54, 1.807) is 0 Å². The summed E-state index contributed by atoms with van der Waals surface area (Å²) in [5.41, 5.74) is 11.8. The Kier molecular flexibility index (Phi) is 9.27. The summed E-state index contributed by atoms with van der Waals surface area (Å²) in [6.07, 6.45) is 0. The Balaban J connectivity index is 0.00000182. The van der Waals surface area contributed by atoms with Crippen LogP contribution >= 0.6 is 0 Å². The van der Waals surface area contributed by atoms with E-state index in [0.717, 1.165) is 22.7 Å². The van der Waals surface area contributed by atoms with Crippen molar-refractivity contribution in [3.8, 4) is 22.3 Å². The minimum Gasteiger partial charge on any atom is -0.345 e. The van der Waals surface area contributed by atoms with Crippen molar-refractivity contribution in [1.82, 2.24) is 0 Å². The summed E-state index contributed by atoms with van der Waals surface area (Å²) in [6, 6.07) is 61.0. The van der Waals surface area contributed by atoms with Crippen molar-refractivity contribution in [2.75, 3.05) is 16.8 Å². The fraction of sp³-hybridized carbons (Fsp3) is 0.0909. The molecule has 0 heterocycles. The molecular weight excluding hydrogens is 556 g/mol. The first-order chi connectivity index (χ1) is 22.6. The van der Waals surface area contributed by atoms with E-state index in [4.69, 9.17) is 0 Å². The van der Waals surface area contributed by atoms with Gasteiger partial charge in [-0.15, -0.1) is 0 Å². The summed E-state index contributed by atoms with van der Waals surface area (Å²) in [5.74, 6) is 0. The van der Waals surface area contributed by atoms with Gasteiger partial charge in [0.15, 0.2) is 0 Å². The fourth-order valence-corrected chi connectivity index (χ4v) is 5.79. The smallest absolute Gasteiger partial charge is 0.0468 e. The minimum atomic E-state index is 1.12. The zero-order chi connectivity index (χ0) is 31.9. The Labute approximate surface area is 273 Å². The molecule has 0 unspecified atom stereocenters. The van der Waals surface area contributed by atoms with Crippen molar-refractivity contribution in [3.63, 3.8) is 0 Å². The molecule has 0 aliphatic carbocycles. The molecule has 0 fully saturated rings. The van der Waals surface area contributed by atoms with Crippen LogP contribution in [0.5, 0.6) is 0 Å². The molecule has 226 valence electrons. The number of nitrogens with zero attached hydrogens (tertiary/aromatic N) is 2. The monoisotopic (exact) mass is 596 g/mol. The lowest BCUT2D eigenvalue weighted by molar-refractivity contribution is 1.20. The van der Waals surface area contributed by atoms with E-state index in [0.29, 0.717) is 0 Å². The van der Waals surface area contributed by atoms with Gasteiger partial charge in [0.1, 0.15) is 0 Å². The molecule has 46 heavy (non-hydrogen) atoms. The normalized spacial score (nSPS) is 10.6. The van der Waals surface area contributed by atoms with E-state index in [2.05, 4.69) is 194 Å². The van der Waals surface area contributed by atoms with Crippen LogP contribution < -0.4 is 9.80 Å². The predicted octanol–water partition coefficient (Wildman–Crippen LogP) is 12.7. The van der Waals surface area contributed by atoms with E-state index in [-0.39, 0.29) is 0 Å². The van der Waals surface area contributed by atoms with Crippen molar-refractivity contribution in [2.45, 2.75) is 20.8 Å². The molecule has 0 atom stereocenters. The van der Waals surface area contributed by atoms with Crippen LogP contribution in [0.1, 0.15) is 19.4 Å². The molecule has 2 heteroatoms. The zero-order valence-electron chi connectivity index (χ0n) is 27.1. The summed E-state index contributed by atoms with van der Waals surface area (Å²) in [4.78, 5) is 4.56. The average molecular weight is 597 g/mol. The molecular formula is C44H40N2. The Morgan fingerprint density at radius 3 is 1.26 bits per heavy atom. The average Bonchev–Trinajstić information content (AvgIpc) is 3.14. The van der Waals surface area contributed by atoms with Gasteiger partial charge in [-0.3, -0.25) is 0 Å². The van der Waals surface area contributed by atoms with Gasteiger partial charge in [-0.25, -0.2) is 0 Å². The number of anilines is 5. The van der Waals surface area contributed by atoms with E-state index in [1.807, 2.05) is 13.8 Å². The highest BCUT2D eigenvalue weighted by atomic mass is 15.1. The molecule has 0 N–H and O–H groups in total. The van der Waals surface area contributed by atoms with Gasteiger partial charge in [-0.2, -0.15) is 0 Å².